The Kier molecular flexibility index (Phi) is 3.54. The van der Waals surface area contributed by atoms with Crippen molar-refractivity contribution in [3.8, 4) is 0 Å². The lowest BCUT2D eigenvalue weighted by Crippen LogP contribution is -2.30. The molecule has 0 aromatic carbocycles. The molecule has 3 heteroatoms. The van der Waals surface area contributed by atoms with Crippen molar-refractivity contribution in [3.63, 3.8) is 0 Å². The molecule has 0 heterocycles. The second-order valence-electron chi connectivity index (χ2n) is 2.42. The summed E-state index contributed by atoms with van der Waals surface area (Å²) in [6.45, 7) is 11.2. The Bertz CT molecular complexity index is 129. The van der Waals surface area contributed by atoms with Gasteiger partial charge < -0.3 is 4.90 Å². The fourth-order valence-corrected chi connectivity index (χ4v) is 0.482. The molecule has 0 amide bonds. The van der Waals surface area contributed by atoms with Gasteiger partial charge in [0.15, 0.2) is 0 Å². The Balaban J connectivity index is 3.81. The third-order valence-electron chi connectivity index (χ3n) is 1.41. The number of nitrogens with zero attached hydrogens (tertiary/aromatic N) is 2. The van der Waals surface area contributed by atoms with Crippen LogP contribution >= 0.6 is 0 Å². The normalized spacial score (nSPS) is 9.20. The largest absolute Gasteiger partial charge is 0.358 e. The van der Waals surface area contributed by atoms with Crippen molar-refractivity contribution >= 4 is 6.72 Å². The molecule has 0 aromatic rings. The number of hydrazone groups is 1. The maximum absolute atomic E-state index is 3.75. The average molecular weight is 141 g/mol. The van der Waals surface area contributed by atoms with Gasteiger partial charge in [0, 0.05) is 19.8 Å². The van der Waals surface area contributed by atoms with Gasteiger partial charge in [-0.05, 0) is 13.8 Å². The molecule has 0 aliphatic carbocycles. The van der Waals surface area contributed by atoms with Crippen LogP contribution in [0.5, 0.6) is 0 Å². The quantitative estimate of drug-likeness (QED) is 0.467. The van der Waals surface area contributed by atoms with E-state index in [9.17, 15) is 0 Å². The molecule has 1 N–H and O–H groups in total. The van der Waals surface area contributed by atoms with Crippen LogP contribution in [0.2, 0.25) is 0 Å². The first-order chi connectivity index (χ1) is 4.59. The molecule has 0 unspecified atom stereocenters. The lowest BCUT2D eigenvalue weighted by atomic mass is 10.3. The molecule has 0 atom stereocenters. The minimum absolute atomic E-state index is 0.432. The molecule has 0 aliphatic heterocycles. The van der Waals surface area contributed by atoms with Gasteiger partial charge in [-0.25, -0.2) is 0 Å². The van der Waals surface area contributed by atoms with Crippen LogP contribution in [0.25, 0.3) is 0 Å². The van der Waals surface area contributed by atoms with Crippen LogP contribution in [0.4, 0.5) is 0 Å². The van der Waals surface area contributed by atoms with Crippen LogP contribution in [-0.4, -0.2) is 24.7 Å². The molecule has 0 aromatic heterocycles. The molecule has 0 radical (unpaired) electrons. The van der Waals surface area contributed by atoms with Gasteiger partial charge in [0.1, 0.15) is 5.82 Å². The predicted molar refractivity (Wildman–Crippen MR) is 44.7 cm³/mol. The van der Waals surface area contributed by atoms with E-state index in [0.717, 1.165) is 5.82 Å². The highest BCUT2D eigenvalue weighted by atomic mass is 15.4. The lowest BCUT2D eigenvalue weighted by molar-refractivity contribution is 0.323. The van der Waals surface area contributed by atoms with Gasteiger partial charge in [0.2, 0.25) is 0 Å². The number of hydrogen-bond donors (Lipinski definition) is 1. The molecule has 0 rings (SSSR count). The summed E-state index contributed by atoms with van der Waals surface area (Å²) in [5, 5.41) is 3.50. The van der Waals surface area contributed by atoms with Gasteiger partial charge in [-0.2, -0.15) is 5.10 Å². The van der Waals surface area contributed by atoms with Crippen molar-refractivity contribution in [1.82, 2.24) is 10.3 Å². The van der Waals surface area contributed by atoms with Crippen LogP contribution in [0, 0.1) is 0 Å². The van der Waals surface area contributed by atoms with Gasteiger partial charge in [-0.3, -0.25) is 5.43 Å². The van der Waals surface area contributed by atoms with E-state index in [2.05, 4.69) is 37.7 Å². The third-order valence-corrected chi connectivity index (χ3v) is 1.41. The van der Waals surface area contributed by atoms with E-state index in [4.69, 9.17) is 0 Å². The molecular formula is C7H15N3. The van der Waals surface area contributed by atoms with E-state index in [0.29, 0.717) is 6.04 Å². The van der Waals surface area contributed by atoms with Crippen LogP contribution in [0.3, 0.4) is 0 Å². The third kappa shape index (κ3) is 2.53. The van der Waals surface area contributed by atoms with Crippen LogP contribution in [0.15, 0.2) is 17.5 Å². The molecular weight excluding hydrogens is 126 g/mol. The van der Waals surface area contributed by atoms with Crippen molar-refractivity contribution in [2.75, 3.05) is 7.05 Å². The average Bonchev–Trinajstić information content (AvgIpc) is 1.87. The van der Waals surface area contributed by atoms with E-state index in [1.165, 1.54) is 0 Å². The Morgan fingerprint density at radius 2 is 2.10 bits per heavy atom. The van der Waals surface area contributed by atoms with Crippen LogP contribution < -0.4 is 5.43 Å². The summed E-state index contributed by atoms with van der Waals surface area (Å²) in [6, 6.07) is 0.432. The zero-order chi connectivity index (χ0) is 8.15. The molecule has 10 heavy (non-hydrogen) atoms. The second kappa shape index (κ2) is 3.93. The Morgan fingerprint density at radius 3 is 2.40 bits per heavy atom. The highest BCUT2D eigenvalue weighted by molar-refractivity contribution is 5.22. The van der Waals surface area contributed by atoms with Gasteiger partial charge in [0.05, 0.1) is 0 Å². The first-order valence-electron chi connectivity index (χ1n) is 3.23. The maximum atomic E-state index is 3.75. The van der Waals surface area contributed by atoms with E-state index in [-0.39, 0.29) is 0 Å². The fraction of sp³-hybridized carbons (Fsp3) is 0.571. The van der Waals surface area contributed by atoms with Crippen molar-refractivity contribution in [2.45, 2.75) is 19.9 Å². The molecule has 0 saturated heterocycles. The van der Waals surface area contributed by atoms with Crippen LogP contribution in [-0.2, 0) is 0 Å². The first kappa shape index (κ1) is 9.01. The Hall–Kier alpha value is -0.990. The smallest absolute Gasteiger partial charge is 0.114 e. The highest BCUT2D eigenvalue weighted by Crippen LogP contribution is 1.99. The monoisotopic (exact) mass is 141 g/mol. The Labute approximate surface area is 62.4 Å². The van der Waals surface area contributed by atoms with Gasteiger partial charge in [0.25, 0.3) is 0 Å². The summed E-state index contributed by atoms with van der Waals surface area (Å²) in [4.78, 5) is 1.98. The number of rotatable bonds is 4. The maximum Gasteiger partial charge on any atom is 0.114 e. The lowest BCUT2D eigenvalue weighted by Gasteiger charge is -2.24. The van der Waals surface area contributed by atoms with E-state index in [1.54, 1.807) is 0 Å². The van der Waals surface area contributed by atoms with E-state index in [1.807, 2.05) is 11.9 Å². The summed E-state index contributed by atoms with van der Waals surface area (Å²) in [5.74, 6) is 0.769. The standard InChI is InChI=1S/C7H15N3/c1-6(2)10(5)7(3)9-8-4/h6,9H,3-4H2,1-2,5H3. The van der Waals surface area contributed by atoms with Gasteiger partial charge in [-0.15, -0.1) is 0 Å². The van der Waals surface area contributed by atoms with Crippen molar-refractivity contribution in [1.29, 1.82) is 0 Å². The summed E-state index contributed by atoms with van der Waals surface area (Å²) in [7, 11) is 1.95. The van der Waals surface area contributed by atoms with Crippen molar-refractivity contribution in [3.05, 3.63) is 12.4 Å². The zero-order valence-corrected chi connectivity index (χ0v) is 6.89. The second-order valence-corrected chi connectivity index (χ2v) is 2.42. The number of hydrogen-bond acceptors (Lipinski definition) is 3. The molecule has 0 fully saturated rings. The minimum atomic E-state index is 0.432. The summed E-state index contributed by atoms with van der Waals surface area (Å²) in [5.41, 5.74) is 2.67. The van der Waals surface area contributed by atoms with E-state index < -0.39 is 0 Å². The minimum Gasteiger partial charge on any atom is -0.358 e. The van der Waals surface area contributed by atoms with Crippen LogP contribution in [0.1, 0.15) is 13.8 Å². The highest BCUT2D eigenvalue weighted by Gasteiger charge is 2.02. The SMILES string of the molecule is C=NNC(=C)N(C)C(C)C. The number of nitrogens with one attached hydrogen (secondary N) is 1. The molecule has 0 bridgehead atoms. The topological polar surface area (TPSA) is 27.6 Å². The summed E-state index contributed by atoms with van der Waals surface area (Å²) >= 11 is 0. The molecule has 3 nitrogen and oxygen atoms in total. The molecule has 0 aliphatic rings. The molecule has 0 saturated carbocycles. The summed E-state index contributed by atoms with van der Waals surface area (Å²) < 4.78 is 0. The van der Waals surface area contributed by atoms with E-state index >= 15 is 0 Å². The van der Waals surface area contributed by atoms with Gasteiger partial charge >= 0.3 is 0 Å². The van der Waals surface area contributed by atoms with Crippen molar-refractivity contribution in [2.24, 2.45) is 5.10 Å². The predicted octanol–water partition coefficient (Wildman–Crippen LogP) is 1.00. The fourth-order valence-electron chi connectivity index (χ4n) is 0.482. The molecule has 0 spiro atoms. The Morgan fingerprint density at radius 1 is 1.60 bits per heavy atom. The zero-order valence-electron chi connectivity index (χ0n) is 6.89. The first-order valence-corrected chi connectivity index (χ1v) is 3.23. The molecule has 58 valence electrons. The van der Waals surface area contributed by atoms with Crippen molar-refractivity contribution < 1.29 is 0 Å². The summed E-state index contributed by atoms with van der Waals surface area (Å²) in [6.07, 6.45) is 0. The van der Waals surface area contributed by atoms with Gasteiger partial charge in [-0.1, -0.05) is 6.58 Å².